The number of imidazole rings is 1. The maximum atomic E-state index is 12.5. The van der Waals surface area contributed by atoms with Crippen molar-refractivity contribution < 1.29 is 5.11 Å². The molecule has 0 saturated carbocycles. The summed E-state index contributed by atoms with van der Waals surface area (Å²) in [5, 5.41) is 11.3. The predicted molar refractivity (Wildman–Crippen MR) is 100 cm³/mol. The minimum absolute atomic E-state index is 0.179. The van der Waals surface area contributed by atoms with Crippen LogP contribution in [0.5, 0.6) is 0 Å². The molecule has 1 aliphatic heterocycles. The van der Waals surface area contributed by atoms with Gasteiger partial charge in [-0.3, -0.25) is 4.79 Å². The fraction of sp³-hybridized carbons (Fsp3) is 0.150. The SMILES string of the molecule is CCn1c(C2=C(O)Cn3c2nc(=O)c2ccccc23)nc2ccccc21. The second-order valence-corrected chi connectivity index (χ2v) is 6.33. The van der Waals surface area contributed by atoms with Crippen molar-refractivity contribution in [1.82, 2.24) is 19.1 Å². The maximum Gasteiger partial charge on any atom is 0.281 e. The number of benzene rings is 2. The lowest BCUT2D eigenvalue weighted by molar-refractivity contribution is 0.389. The van der Waals surface area contributed by atoms with Crippen molar-refractivity contribution in [2.24, 2.45) is 0 Å². The Hall–Kier alpha value is -3.41. The molecule has 5 rings (SSSR count). The van der Waals surface area contributed by atoms with E-state index in [1.807, 2.05) is 58.5 Å². The molecule has 0 spiro atoms. The van der Waals surface area contributed by atoms with E-state index >= 15 is 0 Å². The highest BCUT2D eigenvalue weighted by Crippen LogP contribution is 2.33. The molecule has 2 aromatic carbocycles. The first-order valence-electron chi connectivity index (χ1n) is 8.56. The molecular formula is C20H16N4O2. The molecule has 0 fully saturated rings. The summed E-state index contributed by atoms with van der Waals surface area (Å²) in [5.74, 6) is 1.29. The number of allylic oxidation sites excluding steroid dienone is 1. The van der Waals surface area contributed by atoms with Crippen LogP contribution < -0.4 is 5.56 Å². The number of aliphatic hydroxyl groups is 1. The predicted octanol–water partition coefficient (Wildman–Crippen LogP) is 3.10. The van der Waals surface area contributed by atoms with Crippen molar-refractivity contribution in [2.45, 2.75) is 20.0 Å². The first kappa shape index (κ1) is 14.9. The van der Waals surface area contributed by atoms with Gasteiger partial charge in [-0.25, -0.2) is 4.98 Å². The number of aryl methyl sites for hydroxylation is 1. The van der Waals surface area contributed by atoms with E-state index in [1.54, 1.807) is 6.07 Å². The Kier molecular flexibility index (Phi) is 3.03. The zero-order chi connectivity index (χ0) is 17.8. The van der Waals surface area contributed by atoms with Gasteiger partial charge in [0.25, 0.3) is 5.56 Å². The molecule has 1 aliphatic rings. The minimum atomic E-state index is -0.293. The van der Waals surface area contributed by atoms with E-state index < -0.39 is 0 Å². The number of rotatable bonds is 2. The Morgan fingerprint density at radius 2 is 1.73 bits per heavy atom. The van der Waals surface area contributed by atoms with E-state index in [0.29, 0.717) is 29.2 Å². The monoisotopic (exact) mass is 344 g/mol. The van der Waals surface area contributed by atoms with Crippen LogP contribution in [0.15, 0.2) is 59.1 Å². The molecule has 2 aromatic heterocycles. The Labute approximate surface area is 148 Å². The Bertz CT molecular complexity index is 1280. The van der Waals surface area contributed by atoms with Gasteiger partial charge in [-0.2, -0.15) is 4.98 Å². The van der Waals surface area contributed by atoms with E-state index in [4.69, 9.17) is 4.98 Å². The number of para-hydroxylation sites is 3. The molecule has 0 unspecified atom stereocenters. The first-order valence-corrected chi connectivity index (χ1v) is 8.56. The third kappa shape index (κ3) is 1.89. The number of aromatic nitrogens is 4. The Morgan fingerprint density at radius 1 is 1.00 bits per heavy atom. The van der Waals surface area contributed by atoms with E-state index in [1.165, 1.54) is 0 Å². The van der Waals surface area contributed by atoms with Crippen LogP contribution in [0.1, 0.15) is 18.6 Å². The van der Waals surface area contributed by atoms with Crippen LogP contribution in [0.25, 0.3) is 27.5 Å². The lowest BCUT2D eigenvalue weighted by Gasteiger charge is -2.10. The molecule has 0 radical (unpaired) electrons. The quantitative estimate of drug-likeness (QED) is 0.606. The van der Waals surface area contributed by atoms with Gasteiger partial charge in [-0.1, -0.05) is 24.3 Å². The molecule has 0 bridgehead atoms. The van der Waals surface area contributed by atoms with Gasteiger partial charge in [0.15, 0.2) is 5.82 Å². The van der Waals surface area contributed by atoms with Gasteiger partial charge in [0.1, 0.15) is 11.6 Å². The Morgan fingerprint density at radius 3 is 2.54 bits per heavy atom. The number of aliphatic hydroxyl groups excluding tert-OH is 1. The molecule has 4 aromatic rings. The van der Waals surface area contributed by atoms with E-state index in [0.717, 1.165) is 16.6 Å². The van der Waals surface area contributed by atoms with Crippen molar-refractivity contribution in [2.75, 3.05) is 0 Å². The third-order valence-corrected chi connectivity index (χ3v) is 4.90. The highest BCUT2D eigenvalue weighted by Gasteiger charge is 2.29. The fourth-order valence-corrected chi connectivity index (χ4v) is 3.75. The van der Waals surface area contributed by atoms with Crippen molar-refractivity contribution in [3.05, 3.63) is 76.3 Å². The molecule has 128 valence electrons. The standard InChI is InChI=1S/C20H16N4O2/c1-2-23-15-10-6-4-8-13(15)21-18(23)17-16(25)11-24-14-9-5-3-7-12(14)20(26)22-19(17)24/h3-10,25H,2,11H2,1H3. The van der Waals surface area contributed by atoms with Gasteiger partial charge in [0.05, 0.1) is 34.1 Å². The number of fused-ring (bicyclic) bond motifs is 4. The summed E-state index contributed by atoms with van der Waals surface area (Å²) in [6.45, 7) is 3.01. The van der Waals surface area contributed by atoms with Crippen LogP contribution in [-0.2, 0) is 13.1 Å². The molecule has 1 N–H and O–H groups in total. The molecule has 0 aliphatic carbocycles. The van der Waals surface area contributed by atoms with Gasteiger partial charge >= 0.3 is 0 Å². The number of hydrogen-bond donors (Lipinski definition) is 1. The fourth-order valence-electron chi connectivity index (χ4n) is 3.75. The zero-order valence-corrected chi connectivity index (χ0v) is 14.2. The van der Waals surface area contributed by atoms with Crippen LogP contribution in [-0.4, -0.2) is 24.2 Å². The molecule has 0 atom stereocenters. The lowest BCUT2D eigenvalue weighted by Crippen LogP contribution is -2.16. The minimum Gasteiger partial charge on any atom is -0.509 e. The van der Waals surface area contributed by atoms with Crippen LogP contribution in [0.2, 0.25) is 0 Å². The molecule has 0 saturated heterocycles. The summed E-state index contributed by atoms with van der Waals surface area (Å²) in [7, 11) is 0. The summed E-state index contributed by atoms with van der Waals surface area (Å²) in [4.78, 5) is 21.5. The van der Waals surface area contributed by atoms with Crippen LogP contribution >= 0.6 is 0 Å². The molecular weight excluding hydrogens is 328 g/mol. The average Bonchev–Trinajstić information content (AvgIpc) is 3.18. The second kappa shape index (κ2) is 5.29. The highest BCUT2D eigenvalue weighted by molar-refractivity contribution is 5.87. The summed E-state index contributed by atoms with van der Waals surface area (Å²) in [6, 6.07) is 15.2. The van der Waals surface area contributed by atoms with Crippen molar-refractivity contribution >= 4 is 27.5 Å². The molecule has 3 heterocycles. The van der Waals surface area contributed by atoms with Crippen molar-refractivity contribution in [3.63, 3.8) is 0 Å². The summed E-state index contributed by atoms with van der Waals surface area (Å²) in [5.41, 5.74) is 2.85. The smallest absolute Gasteiger partial charge is 0.281 e. The van der Waals surface area contributed by atoms with Crippen molar-refractivity contribution in [1.29, 1.82) is 0 Å². The summed E-state index contributed by atoms with van der Waals surface area (Å²) < 4.78 is 3.92. The summed E-state index contributed by atoms with van der Waals surface area (Å²) >= 11 is 0. The van der Waals surface area contributed by atoms with Crippen LogP contribution in [0.3, 0.4) is 0 Å². The van der Waals surface area contributed by atoms with E-state index in [9.17, 15) is 9.90 Å². The first-order chi connectivity index (χ1) is 12.7. The zero-order valence-electron chi connectivity index (χ0n) is 14.2. The topological polar surface area (TPSA) is 72.9 Å². The molecule has 26 heavy (non-hydrogen) atoms. The average molecular weight is 344 g/mol. The van der Waals surface area contributed by atoms with Gasteiger partial charge in [-0.15, -0.1) is 0 Å². The third-order valence-electron chi connectivity index (χ3n) is 4.90. The maximum absolute atomic E-state index is 12.5. The van der Waals surface area contributed by atoms with Crippen LogP contribution in [0.4, 0.5) is 0 Å². The number of nitrogens with zero attached hydrogens (tertiary/aromatic N) is 4. The van der Waals surface area contributed by atoms with E-state index in [2.05, 4.69) is 4.98 Å². The van der Waals surface area contributed by atoms with Gasteiger partial charge < -0.3 is 14.2 Å². The van der Waals surface area contributed by atoms with Crippen LogP contribution in [0, 0.1) is 0 Å². The van der Waals surface area contributed by atoms with Gasteiger partial charge in [0, 0.05) is 6.54 Å². The summed E-state index contributed by atoms with van der Waals surface area (Å²) in [6.07, 6.45) is 0. The molecule has 0 amide bonds. The highest BCUT2D eigenvalue weighted by atomic mass is 16.3. The van der Waals surface area contributed by atoms with E-state index in [-0.39, 0.29) is 17.9 Å². The van der Waals surface area contributed by atoms with Crippen molar-refractivity contribution in [3.8, 4) is 0 Å². The van der Waals surface area contributed by atoms with Gasteiger partial charge in [-0.05, 0) is 31.2 Å². The molecule has 6 heteroatoms. The lowest BCUT2D eigenvalue weighted by atomic mass is 10.2. The van der Waals surface area contributed by atoms with Gasteiger partial charge in [0.2, 0.25) is 0 Å². The largest absolute Gasteiger partial charge is 0.509 e. The number of hydrogen-bond acceptors (Lipinski definition) is 4. The Balaban J connectivity index is 1.84. The second-order valence-electron chi connectivity index (χ2n) is 6.33. The normalized spacial score (nSPS) is 13.7. The molecule has 6 nitrogen and oxygen atoms in total.